The van der Waals surface area contributed by atoms with Crippen LogP contribution in [-0.4, -0.2) is 24.9 Å². The Morgan fingerprint density at radius 3 is 2.71 bits per heavy atom. The smallest absolute Gasteiger partial charge is 0.262 e. The van der Waals surface area contributed by atoms with Crippen molar-refractivity contribution >= 4 is 33.0 Å². The van der Waals surface area contributed by atoms with Gasteiger partial charge in [0.15, 0.2) is 11.5 Å². The monoisotopic (exact) mass is 457 g/mol. The minimum Gasteiger partial charge on any atom is -0.493 e. The zero-order chi connectivity index (χ0) is 22.0. The summed E-state index contributed by atoms with van der Waals surface area (Å²) in [4.78, 5) is 4.61. The molecule has 7 nitrogen and oxygen atoms in total. The van der Waals surface area contributed by atoms with Crippen LogP contribution in [0.3, 0.4) is 0 Å². The van der Waals surface area contributed by atoms with Gasteiger partial charge in [-0.05, 0) is 48.9 Å². The average Bonchev–Trinajstić information content (AvgIpc) is 3.17. The third-order valence-corrected chi connectivity index (χ3v) is 6.40. The molecule has 0 radical (unpaired) electrons. The Morgan fingerprint density at radius 1 is 1.10 bits per heavy atom. The zero-order valence-electron chi connectivity index (χ0n) is 16.9. The second kappa shape index (κ2) is 8.49. The summed E-state index contributed by atoms with van der Waals surface area (Å²) < 4.78 is 41.4. The van der Waals surface area contributed by atoms with Crippen LogP contribution in [0.5, 0.6) is 11.5 Å². The third-order valence-electron chi connectivity index (χ3n) is 4.64. The van der Waals surface area contributed by atoms with E-state index in [-0.39, 0.29) is 11.5 Å². The molecule has 160 valence electrons. The lowest BCUT2D eigenvalue weighted by Crippen LogP contribution is -2.14. The molecule has 1 N–H and O–H groups in total. The van der Waals surface area contributed by atoms with Crippen LogP contribution < -0.4 is 14.2 Å². The lowest BCUT2D eigenvalue weighted by Gasteiger charge is -2.14. The average molecular weight is 458 g/mol. The van der Waals surface area contributed by atoms with E-state index in [0.29, 0.717) is 27.8 Å². The first-order chi connectivity index (χ1) is 14.9. The lowest BCUT2D eigenvalue weighted by atomic mass is 10.2. The van der Waals surface area contributed by atoms with E-state index in [1.807, 2.05) is 35.0 Å². The summed E-state index contributed by atoms with van der Waals surface area (Å²) in [6.45, 7) is 1.91. The second-order valence-electron chi connectivity index (χ2n) is 6.87. The summed E-state index contributed by atoms with van der Waals surface area (Å²) in [7, 11) is -2.31. The van der Waals surface area contributed by atoms with Gasteiger partial charge >= 0.3 is 0 Å². The van der Waals surface area contributed by atoms with Crippen molar-refractivity contribution in [2.45, 2.75) is 18.4 Å². The maximum Gasteiger partial charge on any atom is 0.262 e. The zero-order valence-corrected chi connectivity index (χ0v) is 18.4. The number of anilines is 1. The molecule has 0 atom stereocenters. The lowest BCUT2D eigenvalue weighted by molar-refractivity contribution is 0.281. The Labute approximate surface area is 185 Å². The van der Waals surface area contributed by atoms with E-state index in [0.717, 1.165) is 11.3 Å². The van der Waals surface area contributed by atoms with Crippen molar-refractivity contribution in [3.63, 3.8) is 0 Å². The molecule has 9 heteroatoms. The molecule has 0 aliphatic carbocycles. The van der Waals surface area contributed by atoms with Crippen molar-refractivity contribution in [2.24, 2.45) is 0 Å². The van der Waals surface area contributed by atoms with Crippen molar-refractivity contribution in [3.8, 4) is 11.5 Å². The van der Waals surface area contributed by atoms with Gasteiger partial charge in [-0.25, -0.2) is 13.4 Å². The normalized spacial score (nSPS) is 11.5. The molecule has 31 heavy (non-hydrogen) atoms. The van der Waals surface area contributed by atoms with Gasteiger partial charge in [0, 0.05) is 23.5 Å². The summed E-state index contributed by atoms with van der Waals surface area (Å²) in [6.07, 6.45) is 3.77. The number of hydrogen-bond donors (Lipinski definition) is 1. The topological polar surface area (TPSA) is 81.9 Å². The fourth-order valence-electron chi connectivity index (χ4n) is 3.13. The molecule has 0 amide bonds. The summed E-state index contributed by atoms with van der Waals surface area (Å²) in [6, 6.07) is 15.3. The fourth-order valence-corrected chi connectivity index (χ4v) is 4.69. The summed E-state index contributed by atoms with van der Waals surface area (Å²) in [5, 5.41) is 0.345. The van der Waals surface area contributed by atoms with E-state index in [2.05, 4.69) is 9.71 Å². The van der Waals surface area contributed by atoms with Crippen LogP contribution in [-0.2, 0) is 16.6 Å². The predicted molar refractivity (Wildman–Crippen MR) is 120 cm³/mol. The van der Waals surface area contributed by atoms with E-state index in [4.69, 9.17) is 21.1 Å². The standard InChI is InChI=1S/C22H20ClN3O4S/c1-15-6-7-16(23)11-21(15)31(27,28)25-17-8-9-19(29-2)20(12-17)30-14-18-13-26-10-4-3-5-22(26)24-18/h3-13,25H,14H2,1-2H3. The van der Waals surface area contributed by atoms with E-state index < -0.39 is 10.0 Å². The van der Waals surface area contributed by atoms with Crippen LogP contribution in [0.1, 0.15) is 11.3 Å². The number of aromatic nitrogens is 2. The highest BCUT2D eigenvalue weighted by Gasteiger charge is 2.19. The van der Waals surface area contributed by atoms with Gasteiger partial charge in [0.2, 0.25) is 0 Å². The first-order valence-electron chi connectivity index (χ1n) is 9.38. The van der Waals surface area contributed by atoms with Crippen LogP contribution in [0.25, 0.3) is 5.65 Å². The molecule has 0 fully saturated rings. The number of methoxy groups -OCH3 is 1. The van der Waals surface area contributed by atoms with Gasteiger partial charge in [-0.2, -0.15) is 0 Å². The van der Waals surface area contributed by atoms with Crippen molar-refractivity contribution in [1.29, 1.82) is 0 Å². The van der Waals surface area contributed by atoms with Crippen LogP contribution in [0.4, 0.5) is 5.69 Å². The van der Waals surface area contributed by atoms with Gasteiger partial charge in [0.05, 0.1) is 23.4 Å². The van der Waals surface area contributed by atoms with E-state index in [1.54, 1.807) is 37.3 Å². The highest BCUT2D eigenvalue weighted by Crippen LogP contribution is 2.32. The van der Waals surface area contributed by atoms with Crippen LogP contribution in [0.15, 0.2) is 71.9 Å². The molecule has 2 heterocycles. The summed E-state index contributed by atoms with van der Waals surface area (Å²) in [5.74, 6) is 0.869. The second-order valence-corrected chi connectivity index (χ2v) is 8.96. The molecule has 0 saturated heterocycles. The number of halogens is 1. The molecule has 0 unspecified atom stereocenters. The van der Waals surface area contributed by atoms with Crippen molar-refractivity contribution in [1.82, 2.24) is 9.38 Å². The summed E-state index contributed by atoms with van der Waals surface area (Å²) >= 11 is 5.98. The Balaban J connectivity index is 1.57. The van der Waals surface area contributed by atoms with E-state index in [9.17, 15) is 8.42 Å². The Hall–Kier alpha value is -3.23. The van der Waals surface area contributed by atoms with E-state index in [1.165, 1.54) is 13.2 Å². The number of pyridine rings is 1. The third kappa shape index (κ3) is 4.60. The van der Waals surface area contributed by atoms with Gasteiger partial charge in [-0.3, -0.25) is 4.72 Å². The number of ether oxygens (including phenoxy) is 2. The number of hydrogen-bond acceptors (Lipinski definition) is 5. The van der Waals surface area contributed by atoms with Crippen LogP contribution >= 0.6 is 11.6 Å². The number of imidazole rings is 1. The number of rotatable bonds is 7. The van der Waals surface area contributed by atoms with Crippen molar-refractivity contribution < 1.29 is 17.9 Å². The van der Waals surface area contributed by atoms with Crippen molar-refractivity contribution in [2.75, 3.05) is 11.8 Å². The molecular formula is C22H20ClN3O4S. The number of benzene rings is 2. The molecule has 2 aromatic carbocycles. The number of sulfonamides is 1. The highest BCUT2D eigenvalue weighted by molar-refractivity contribution is 7.92. The quantitative estimate of drug-likeness (QED) is 0.435. The Bertz CT molecular complexity index is 1320. The molecule has 4 rings (SSSR count). The van der Waals surface area contributed by atoms with Gasteiger partial charge in [-0.15, -0.1) is 0 Å². The SMILES string of the molecule is COc1ccc(NS(=O)(=O)c2cc(Cl)ccc2C)cc1OCc1cn2ccccc2n1. The molecular weight excluding hydrogens is 438 g/mol. The maximum atomic E-state index is 12.9. The molecule has 0 saturated carbocycles. The van der Waals surface area contributed by atoms with Crippen LogP contribution in [0.2, 0.25) is 5.02 Å². The number of nitrogens with zero attached hydrogens (tertiary/aromatic N) is 2. The minimum absolute atomic E-state index is 0.114. The van der Waals surface area contributed by atoms with Gasteiger partial charge in [-0.1, -0.05) is 23.7 Å². The highest BCUT2D eigenvalue weighted by atomic mass is 35.5. The molecule has 0 aliphatic heterocycles. The molecule has 2 aromatic heterocycles. The molecule has 0 bridgehead atoms. The predicted octanol–water partition coefficient (Wildman–Crippen LogP) is 4.68. The fraction of sp³-hybridized carbons (Fsp3) is 0.136. The van der Waals surface area contributed by atoms with Gasteiger partial charge in [0.25, 0.3) is 10.0 Å². The number of aryl methyl sites for hydroxylation is 1. The number of fused-ring (bicyclic) bond motifs is 1. The van der Waals surface area contributed by atoms with Crippen LogP contribution in [0, 0.1) is 6.92 Å². The van der Waals surface area contributed by atoms with E-state index >= 15 is 0 Å². The summed E-state index contributed by atoms with van der Waals surface area (Å²) in [5.41, 5.74) is 2.47. The molecule has 0 aliphatic rings. The molecule has 4 aromatic rings. The maximum absolute atomic E-state index is 12.9. The minimum atomic E-state index is -3.83. The van der Waals surface area contributed by atoms with Crippen molar-refractivity contribution in [3.05, 3.63) is 83.3 Å². The largest absolute Gasteiger partial charge is 0.493 e. The first kappa shape index (κ1) is 21.0. The Morgan fingerprint density at radius 2 is 1.94 bits per heavy atom. The number of nitrogens with one attached hydrogen (secondary N) is 1. The van der Waals surface area contributed by atoms with Gasteiger partial charge in [0.1, 0.15) is 12.3 Å². The Kier molecular flexibility index (Phi) is 5.75. The molecule has 0 spiro atoms. The first-order valence-corrected chi connectivity index (χ1v) is 11.2. The van der Waals surface area contributed by atoms with Gasteiger partial charge < -0.3 is 13.9 Å².